The molecule has 0 radical (unpaired) electrons. The van der Waals surface area contributed by atoms with Gasteiger partial charge in [-0.1, -0.05) is 6.92 Å². The Bertz CT molecular complexity index is 332. The number of nitrogens with one attached hydrogen (secondary N) is 2. The average molecular weight is 238 g/mol. The van der Waals surface area contributed by atoms with Gasteiger partial charge in [0, 0.05) is 31.0 Å². The smallest absolute Gasteiger partial charge is 0.234 e. The second kappa shape index (κ2) is 6.39. The molecule has 5 heteroatoms. The number of carbonyl (C=O) groups excluding carboxylic acids is 1. The first-order valence-corrected chi connectivity index (χ1v) is 6.01. The van der Waals surface area contributed by atoms with Crippen molar-refractivity contribution in [3.63, 3.8) is 0 Å². The van der Waals surface area contributed by atoms with Crippen LogP contribution in [0.1, 0.15) is 27.2 Å². The highest BCUT2D eigenvalue weighted by molar-refractivity contribution is 5.78. The molecule has 1 heterocycles. The van der Waals surface area contributed by atoms with Gasteiger partial charge in [0.2, 0.25) is 5.91 Å². The van der Waals surface area contributed by atoms with E-state index >= 15 is 0 Å². The molecule has 0 spiro atoms. The highest BCUT2D eigenvalue weighted by Crippen LogP contribution is 2.05. The summed E-state index contributed by atoms with van der Waals surface area (Å²) in [5, 5.41) is 6.09. The molecule has 5 nitrogen and oxygen atoms in total. The van der Waals surface area contributed by atoms with Gasteiger partial charge in [-0.3, -0.25) is 4.79 Å². The van der Waals surface area contributed by atoms with Gasteiger partial charge in [0.05, 0.1) is 12.9 Å². The minimum Gasteiger partial charge on any atom is -0.350 e. The topological polar surface area (TPSA) is 59.0 Å². The van der Waals surface area contributed by atoms with Crippen molar-refractivity contribution >= 4 is 5.91 Å². The van der Waals surface area contributed by atoms with Crippen LogP contribution < -0.4 is 10.6 Å². The van der Waals surface area contributed by atoms with Gasteiger partial charge in [0.15, 0.2) is 0 Å². The Labute approximate surface area is 103 Å². The molecule has 0 atom stereocenters. The van der Waals surface area contributed by atoms with Crippen LogP contribution in [0.5, 0.6) is 0 Å². The summed E-state index contributed by atoms with van der Waals surface area (Å²) in [5.41, 5.74) is -0.122. The molecule has 0 aromatic carbocycles. The molecule has 0 saturated carbocycles. The van der Waals surface area contributed by atoms with Crippen molar-refractivity contribution in [2.24, 2.45) is 0 Å². The van der Waals surface area contributed by atoms with Crippen molar-refractivity contribution in [1.29, 1.82) is 0 Å². The van der Waals surface area contributed by atoms with Gasteiger partial charge in [-0.2, -0.15) is 0 Å². The van der Waals surface area contributed by atoms with E-state index in [1.165, 1.54) is 0 Å². The van der Waals surface area contributed by atoms with E-state index in [2.05, 4.69) is 22.5 Å². The zero-order chi connectivity index (χ0) is 12.7. The molecule has 1 aromatic heterocycles. The predicted octanol–water partition coefficient (Wildman–Crippen LogP) is 0.777. The Kier molecular flexibility index (Phi) is 5.15. The third kappa shape index (κ3) is 5.49. The molecule has 0 unspecified atom stereocenters. The molecule has 1 aromatic rings. The second-order valence-electron chi connectivity index (χ2n) is 4.76. The minimum atomic E-state index is -0.122. The fourth-order valence-corrected chi connectivity index (χ4v) is 1.34. The van der Waals surface area contributed by atoms with Crippen molar-refractivity contribution in [1.82, 2.24) is 20.2 Å². The molecule has 0 aliphatic heterocycles. The zero-order valence-corrected chi connectivity index (χ0v) is 10.9. The van der Waals surface area contributed by atoms with Crippen LogP contribution in [0.25, 0.3) is 0 Å². The van der Waals surface area contributed by atoms with Crippen molar-refractivity contribution in [3.8, 4) is 0 Å². The summed E-state index contributed by atoms with van der Waals surface area (Å²) >= 11 is 0. The molecular formula is C12H22N4O. The first-order chi connectivity index (χ1) is 8.03. The molecule has 0 aliphatic carbocycles. The lowest BCUT2D eigenvalue weighted by Gasteiger charge is -2.24. The SMILES string of the molecule is CCC(C)(C)NC(=O)CNCCn1ccnc1. The fraction of sp³-hybridized carbons (Fsp3) is 0.667. The first-order valence-electron chi connectivity index (χ1n) is 6.01. The summed E-state index contributed by atoms with van der Waals surface area (Å²) in [6.07, 6.45) is 6.34. The summed E-state index contributed by atoms with van der Waals surface area (Å²) in [7, 11) is 0. The first kappa shape index (κ1) is 13.7. The molecule has 2 N–H and O–H groups in total. The normalized spacial score (nSPS) is 11.5. The number of aromatic nitrogens is 2. The van der Waals surface area contributed by atoms with Crippen LogP contribution >= 0.6 is 0 Å². The van der Waals surface area contributed by atoms with E-state index in [4.69, 9.17) is 0 Å². The number of amides is 1. The van der Waals surface area contributed by atoms with Crippen LogP contribution in [0.2, 0.25) is 0 Å². The van der Waals surface area contributed by atoms with Crippen molar-refractivity contribution in [3.05, 3.63) is 18.7 Å². The molecule has 17 heavy (non-hydrogen) atoms. The Hall–Kier alpha value is -1.36. The van der Waals surface area contributed by atoms with E-state index < -0.39 is 0 Å². The molecule has 0 bridgehead atoms. The van der Waals surface area contributed by atoms with E-state index in [0.29, 0.717) is 6.54 Å². The number of carbonyl (C=O) groups is 1. The largest absolute Gasteiger partial charge is 0.350 e. The highest BCUT2D eigenvalue weighted by Gasteiger charge is 2.16. The zero-order valence-electron chi connectivity index (χ0n) is 10.9. The number of hydrogen-bond donors (Lipinski definition) is 2. The third-order valence-corrected chi connectivity index (χ3v) is 2.75. The standard InChI is InChI=1S/C12H22N4O/c1-4-12(2,3)15-11(17)9-13-5-7-16-8-6-14-10-16/h6,8,10,13H,4-5,7,9H2,1-3H3,(H,15,17). The van der Waals surface area contributed by atoms with Gasteiger partial charge < -0.3 is 15.2 Å². The van der Waals surface area contributed by atoms with Gasteiger partial charge in [0.1, 0.15) is 0 Å². The van der Waals surface area contributed by atoms with Crippen LogP contribution in [0.15, 0.2) is 18.7 Å². The highest BCUT2D eigenvalue weighted by atomic mass is 16.2. The summed E-state index contributed by atoms with van der Waals surface area (Å²) in [5.74, 6) is 0.0440. The lowest BCUT2D eigenvalue weighted by Crippen LogP contribution is -2.46. The van der Waals surface area contributed by atoms with Gasteiger partial charge in [-0.05, 0) is 20.3 Å². The molecule has 0 saturated heterocycles. The average Bonchev–Trinajstić information content (AvgIpc) is 2.77. The summed E-state index contributed by atoms with van der Waals surface area (Å²) in [6.45, 7) is 8.05. The summed E-state index contributed by atoms with van der Waals surface area (Å²) < 4.78 is 1.97. The van der Waals surface area contributed by atoms with Gasteiger partial charge in [-0.25, -0.2) is 4.98 Å². The molecular weight excluding hydrogens is 216 g/mol. The Balaban J connectivity index is 2.12. The Morgan fingerprint density at radius 1 is 1.47 bits per heavy atom. The predicted molar refractivity (Wildman–Crippen MR) is 67.6 cm³/mol. The van der Waals surface area contributed by atoms with Crippen molar-refractivity contribution in [2.45, 2.75) is 39.3 Å². The number of imidazole rings is 1. The van der Waals surface area contributed by atoms with Crippen LogP contribution in [-0.4, -0.2) is 34.1 Å². The molecule has 0 aliphatic rings. The fourth-order valence-electron chi connectivity index (χ4n) is 1.34. The maximum atomic E-state index is 11.6. The van der Waals surface area contributed by atoms with E-state index in [9.17, 15) is 4.79 Å². The van der Waals surface area contributed by atoms with E-state index in [1.807, 2.05) is 24.6 Å². The number of hydrogen-bond acceptors (Lipinski definition) is 3. The van der Waals surface area contributed by atoms with Crippen LogP contribution in [0.3, 0.4) is 0 Å². The lowest BCUT2D eigenvalue weighted by atomic mass is 10.0. The number of nitrogens with zero attached hydrogens (tertiary/aromatic N) is 2. The number of rotatable bonds is 7. The second-order valence-corrected chi connectivity index (χ2v) is 4.76. The van der Waals surface area contributed by atoms with Crippen LogP contribution in [0.4, 0.5) is 0 Å². The molecule has 1 rings (SSSR count). The lowest BCUT2D eigenvalue weighted by molar-refractivity contribution is -0.121. The van der Waals surface area contributed by atoms with Crippen molar-refractivity contribution in [2.75, 3.05) is 13.1 Å². The van der Waals surface area contributed by atoms with Gasteiger partial charge in [0.25, 0.3) is 0 Å². The minimum absolute atomic E-state index is 0.0440. The Morgan fingerprint density at radius 3 is 2.82 bits per heavy atom. The molecule has 1 amide bonds. The molecule has 96 valence electrons. The van der Waals surface area contributed by atoms with Gasteiger partial charge in [-0.15, -0.1) is 0 Å². The van der Waals surface area contributed by atoms with Crippen LogP contribution in [0, 0.1) is 0 Å². The van der Waals surface area contributed by atoms with Crippen molar-refractivity contribution < 1.29 is 4.79 Å². The van der Waals surface area contributed by atoms with Crippen LogP contribution in [-0.2, 0) is 11.3 Å². The monoisotopic (exact) mass is 238 g/mol. The maximum Gasteiger partial charge on any atom is 0.234 e. The summed E-state index contributed by atoms with van der Waals surface area (Å²) in [6, 6.07) is 0. The van der Waals surface area contributed by atoms with E-state index in [0.717, 1.165) is 19.5 Å². The van der Waals surface area contributed by atoms with E-state index in [-0.39, 0.29) is 11.4 Å². The quantitative estimate of drug-likeness (QED) is 0.690. The Morgan fingerprint density at radius 2 is 2.24 bits per heavy atom. The van der Waals surface area contributed by atoms with Gasteiger partial charge >= 0.3 is 0 Å². The molecule has 0 fully saturated rings. The summed E-state index contributed by atoms with van der Waals surface area (Å²) in [4.78, 5) is 15.5. The maximum absolute atomic E-state index is 11.6. The third-order valence-electron chi connectivity index (χ3n) is 2.75. The van der Waals surface area contributed by atoms with E-state index in [1.54, 1.807) is 12.5 Å².